The van der Waals surface area contributed by atoms with Crippen molar-refractivity contribution in [2.45, 2.75) is 33.0 Å². The van der Waals surface area contributed by atoms with Crippen LogP contribution in [0.5, 0.6) is 0 Å². The summed E-state index contributed by atoms with van der Waals surface area (Å²) in [6, 6.07) is 19.2. The molecule has 1 aliphatic heterocycles. The van der Waals surface area contributed by atoms with Crippen molar-refractivity contribution >= 4 is 29.9 Å². The molecule has 0 amide bonds. The van der Waals surface area contributed by atoms with Gasteiger partial charge in [-0.2, -0.15) is 5.10 Å². The van der Waals surface area contributed by atoms with Gasteiger partial charge in [0.1, 0.15) is 0 Å². The molecule has 2 aromatic carbocycles. The number of hydrogen-bond donors (Lipinski definition) is 2. The smallest absolute Gasteiger partial charge is 0.191 e. The highest BCUT2D eigenvalue weighted by molar-refractivity contribution is 14.0. The van der Waals surface area contributed by atoms with Crippen molar-refractivity contribution < 1.29 is 0 Å². The summed E-state index contributed by atoms with van der Waals surface area (Å²) >= 11 is 0. The quantitative estimate of drug-likeness (QED) is 0.258. The molecule has 0 aliphatic carbocycles. The average molecular weight is 544 g/mol. The van der Waals surface area contributed by atoms with E-state index in [4.69, 9.17) is 4.99 Å². The Hall–Kier alpha value is -2.39. The minimum atomic E-state index is 0. The Bertz CT molecular complexity index is 986. The second-order valence-corrected chi connectivity index (χ2v) is 7.89. The van der Waals surface area contributed by atoms with Crippen LogP contribution in [0.3, 0.4) is 0 Å². The largest absolute Gasteiger partial charge is 0.357 e. The number of hydrogen-bond acceptors (Lipinski definition) is 3. The van der Waals surface area contributed by atoms with E-state index in [1.165, 1.54) is 22.3 Å². The van der Waals surface area contributed by atoms with E-state index in [1.807, 2.05) is 23.1 Å². The van der Waals surface area contributed by atoms with Gasteiger partial charge in [0.05, 0.1) is 13.1 Å². The molecule has 6 nitrogen and oxygen atoms in total. The second-order valence-electron chi connectivity index (χ2n) is 7.89. The zero-order chi connectivity index (χ0) is 21.3. The molecule has 1 aromatic heterocycles. The molecule has 7 heteroatoms. The lowest BCUT2D eigenvalue weighted by atomic mass is 10.00. The predicted molar refractivity (Wildman–Crippen MR) is 141 cm³/mol. The molecule has 0 fully saturated rings. The first-order valence-electron chi connectivity index (χ1n) is 11.2. The van der Waals surface area contributed by atoms with Crippen molar-refractivity contribution in [3.05, 3.63) is 89.2 Å². The molecule has 32 heavy (non-hydrogen) atoms. The number of nitrogens with one attached hydrogen (secondary N) is 2. The third-order valence-electron chi connectivity index (χ3n) is 5.69. The molecule has 3 aromatic rings. The zero-order valence-corrected chi connectivity index (χ0v) is 21.0. The van der Waals surface area contributed by atoms with E-state index in [1.54, 1.807) is 0 Å². The van der Waals surface area contributed by atoms with E-state index in [0.29, 0.717) is 6.54 Å². The maximum Gasteiger partial charge on any atom is 0.191 e. The summed E-state index contributed by atoms with van der Waals surface area (Å²) in [7, 11) is 0. The number of benzene rings is 2. The van der Waals surface area contributed by atoms with Crippen molar-refractivity contribution in [3.8, 4) is 0 Å². The van der Waals surface area contributed by atoms with Crippen molar-refractivity contribution in [3.63, 3.8) is 0 Å². The number of nitrogens with zero attached hydrogens (tertiary/aromatic N) is 4. The van der Waals surface area contributed by atoms with Gasteiger partial charge in [0.25, 0.3) is 0 Å². The number of rotatable bonds is 8. The van der Waals surface area contributed by atoms with Crippen LogP contribution < -0.4 is 10.6 Å². The van der Waals surface area contributed by atoms with Crippen LogP contribution in [-0.4, -0.2) is 46.8 Å². The van der Waals surface area contributed by atoms with Gasteiger partial charge in [0.15, 0.2) is 5.96 Å². The molecule has 0 bridgehead atoms. The predicted octanol–water partition coefficient (Wildman–Crippen LogP) is 3.66. The summed E-state index contributed by atoms with van der Waals surface area (Å²) in [5.74, 6) is 0.869. The van der Waals surface area contributed by atoms with Gasteiger partial charge >= 0.3 is 0 Å². The van der Waals surface area contributed by atoms with Crippen LogP contribution in [0.1, 0.15) is 29.2 Å². The van der Waals surface area contributed by atoms with Crippen LogP contribution in [0.4, 0.5) is 0 Å². The molecule has 0 spiro atoms. The van der Waals surface area contributed by atoms with Crippen LogP contribution in [-0.2, 0) is 26.1 Å². The van der Waals surface area contributed by atoms with Crippen molar-refractivity contribution in [2.24, 2.45) is 4.99 Å². The molecule has 0 radical (unpaired) electrons. The highest BCUT2D eigenvalue weighted by Gasteiger charge is 2.15. The number of halogens is 1. The highest BCUT2D eigenvalue weighted by atomic mass is 127. The molecule has 0 unspecified atom stereocenters. The molecular weight excluding hydrogens is 511 g/mol. The molecule has 170 valence electrons. The Labute approximate surface area is 208 Å². The zero-order valence-electron chi connectivity index (χ0n) is 18.7. The van der Waals surface area contributed by atoms with E-state index < -0.39 is 0 Å². The Morgan fingerprint density at radius 1 is 1.00 bits per heavy atom. The van der Waals surface area contributed by atoms with E-state index in [0.717, 1.165) is 51.6 Å². The standard InChI is InChI=1S/C25H32N6.HI/c1-2-26-25(27-14-17-30-16-12-21-8-3-5-10-23(21)19-30)28-18-22-9-4-6-11-24(22)20-31-15-7-13-29-31;/h3-11,13,15H,2,12,14,16-20H2,1H3,(H2,26,27,28);1H. The van der Waals surface area contributed by atoms with Gasteiger partial charge in [-0.3, -0.25) is 9.58 Å². The number of fused-ring (bicyclic) bond motifs is 1. The fourth-order valence-corrected chi connectivity index (χ4v) is 4.02. The minimum absolute atomic E-state index is 0. The third kappa shape index (κ3) is 6.80. The summed E-state index contributed by atoms with van der Waals surface area (Å²) in [5.41, 5.74) is 5.43. The summed E-state index contributed by atoms with van der Waals surface area (Å²) in [5, 5.41) is 11.2. The molecular formula is C25H33IN6. The number of aromatic nitrogens is 2. The molecule has 0 atom stereocenters. The van der Waals surface area contributed by atoms with Crippen molar-refractivity contribution in [1.29, 1.82) is 0 Å². The summed E-state index contributed by atoms with van der Waals surface area (Å²) in [4.78, 5) is 7.35. The van der Waals surface area contributed by atoms with E-state index in [-0.39, 0.29) is 24.0 Å². The SMILES string of the molecule is CCNC(=NCc1ccccc1Cn1cccn1)NCCN1CCc2ccccc2C1.I. The van der Waals surface area contributed by atoms with Gasteiger partial charge in [-0.25, -0.2) is 4.99 Å². The summed E-state index contributed by atoms with van der Waals surface area (Å²) < 4.78 is 1.95. The maximum absolute atomic E-state index is 4.84. The lowest BCUT2D eigenvalue weighted by Crippen LogP contribution is -2.42. The lowest BCUT2D eigenvalue weighted by molar-refractivity contribution is 0.258. The van der Waals surface area contributed by atoms with Gasteiger partial charge in [0.2, 0.25) is 0 Å². The fourth-order valence-electron chi connectivity index (χ4n) is 4.02. The normalized spacial score (nSPS) is 13.8. The maximum atomic E-state index is 4.84. The van der Waals surface area contributed by atoms with Crippen molar-refractivity contribution in [1.82, 2.24) is 25.3 Å². The number of guanidine groups is 1. The summed E-state index contributed by atoms with van der Waals surface area (Å²) in [6.45, 7) is 8.39. The van der Waals surface area contributed by atoms with Crippen LogP contribution in [0.25, 0.3) is 0 Å². The lowest BCUT2D eigenvalue weighted by Gasteiger charge is -2.28. The van der Waals surface area contributed by atoms with Gasteiger partial charge in [0, 0.05) is 45.1 Å². The van der Waals surface area contributed by atoms with Crippen LogP contribution in [0.2, 0.25) is 0 Å². The van der Waals surface area contributed by atoms with Gasteiger partial charge in [-0.1, -0.05) is 48.5 Å². The van der Waals surface area contributed by atoms with Gasteiger partial charge in [-0.05, 0) is 41.7 Å². The van der Waals surface area contributed by atoms with Gasteiger partial charge in [-0.15, -0.1) is 24.0 Å². The molecule has 2 heterocycles. The molecule has 0 saturated carbocycles. The first kappa shape index (κ1) is 24.3. The molecule has 1 aliphatic rings. The second kappa shape index (κ2) is 12.6. The van der Waals surface area contributed by atoms with Crippen LogP contribution in [0, 0.1) is 0 Å². The fraction of sp³-hybridized carbons (Fsp3) is 0.360. The summed E-state index contributed by atoms with van der Waals surface area (Å²) in [6.07, 6.45) is 4.94. The topological polar surface area (TPSA) is 57.5 Å². The Morgan fingerprint density at radius 3 is 2.56 bits per heavy atom. The van der Waals surface area contributed by atoms with E-state index in [9.17, 15) is 0 Å². The Morgan fingerprint density at radius 2 is 1.78 bits per heavy atom. The third-order valence-corrected chi connectivity index (χ3v) is 5.69. The molecule has 4 rings (SSSR count). The first-order chi connectivity index (χ1) is 15.3. The Balaban J connectivity index is 0.00000289. The van der Waals surface area contributed by atoms with Gasteiger partial charge < -0.3 is 10.6 Å². The monoisotopic (exact) mass is 544 g/mol. The first-order valence-corrected chi connectivity index (χ1v) is 11.2. The molecule has 0 saturated heterocycles. The van der Waals surface area contributed by atoms with Crippen LogP contribution in [0.15, 0.2) is 72.0 Å². The number of aliphatic imine (C=N–C) groups is 1. The Kier molecular flexibility index (Phi) is 9.55. The highest BCUT2D eigenvalue weighted by Crippen LogP contribution is 2.17. The molecule has 2 N–H and O–H groups in total. The average Bonchev–Trinajstić information content (AvgIpc) is 3.31. The van der Waals surface area contributed by atoms with Crippen LogP contribution >= 0.6 is 24.0 Å². The van der Waals surface area contributed by atoms with Crippen molar-refractivity contribution in [2.75, 3.05) is 26.2 Å². The minimum Gasteiger partial charge on any atom is -0.357 e. The van der Waals surface area contributed by atoms with E-state index >= 15 is 0 Å². The van der Waals surface area contributed by atoms with E-state index in [2.05, 4.69) is 76.1 Å².